The second-order valence-electron chi connectivity index (χ2n) is 2.72. The third-order valence-electron chi connectivity index (χ3n) is 1.87. The van der Waals surface area contributed by atoms with Crippen LogP contribution in [0.5, 0.6) is 0 Å². The number of aliphatic hydroxyl groups is 5. The Labute approximate surface area is 90.3 Å². The average molecular weight is 288 g/mol. The molecular weight excluding hydrogens is 276 g/mol. The van der Waals surface area contributed by atoms with Crippen LogP contribution >= 0.6 is 0 Å². The van der Waals surface area contributed by atoms with Gasteiger partial charge >= 0.3 is 0 Å². The van der Waals surface area contributed by atoms with E-state index in [9.17, 15) is 0 Å². The smallest absolute Gasteiger partial charge is 0.184 e. The third-order valence-corrected chi connectivity index (χ3v) is 1.87. The first kappa shape index (κ1) is 13.5. The summed E-state index contributed by atoms with van der Waals surface area (Å²) < 4.78 is 4.58. The molecule has 5 N–H and O–H groups in total. The van der Waals surface area contributed by atoms with E-state index in [-0.39, 0.29) is 22.4 Å². The van der Waals surface area contributed by atoms with Gasteiger partial charge in [-0.2, -0.15) is 0 Å². The Balaban J connectivity index is 0.00000144. The van der Waals surface area contributed by atoms with E-state index < -0.39 is 37.3 Å². The number of rotatable bonds is 1. The maximum absolute atomic E-state index is 9.12. The van der Waals surface area contributed by atoms with Crippen LogP contribution in [0.15, 0.2) is 0 Å². The molecule has 13 heavy (non-hydrogen) atoms. The standard InChI is InChI=1S/C6H12O6.Ag/c7-1-2-3(8)4(9)5(10)6(11)12-2;/h2-11H,1H2;/t2-,3-,4+,5+,6+;/m1./s1. The Morgan fingerprint density at radius 3 is 1.92 bits per heavy atom. The number of aliphatic hydroxyl groups excluding tert-OH is 5. The fraction of sp³-hybridized carbons (Fsp3) is 1.00. The topological polar surface area (TPSA) is 110 Å². The second-order valence-corrected chi connectivity index (χ2v) is 2.72. The minimum Gasteiger partial charge on any atom is -0.394 e. The van der Waals surface area contributed by atoms with E-state index in [1.54, 1.807) is 0 Å². The molecule has 0 unspecified atom stereocenters. The van der Waals surface area contributed by atoms with Crippen LogP contribution in [0.2, 0.25) is 0 Å². The van der Waals surface area contributed by atoms with E-state index in [0.717, 1.165) is 0 Å². The van der Waals surface area contributed by atoms with Gasteiger partial charge in [-0.1, -0.05) is 0 Å². The van der Waals surface area contributed by atoms with Crippen molar-refractivity contribution in [1.82, 2.24) is 0 Å². The Bertz CT molecular complexity index is 151. The van der Waals surface area contributed by atoms with Gasteiger partial charge in [0.1, 0.15) is 24.4 Å². The predicted molar refractivity (Wildman–Crippen MR) is 36.0 cm³/mol. The normalized spacial score (nSPS) is 45.5. The maximum Gasteiger partial charge on any atom is 0.184 e. The Kier molecular flexibility index (Phi) is 5.61. The molecule has 0 amide bonds. The van der Waals surface area contributed by atoms with Gasteiger partial charge < -0.3 is 30.3 Å². The van der Waals surface area contributed by atoms with E-state index >= 15 is 0 Å². The minimum atomic E-state index is -1.57. The molecule has 5 atom stereocenters. The number of hydrogen-bond donors (Lipinski definition) is 5. The number of ether oxygens (including phenoxy) is 1. The molecule has 0 aromatic heterocycles. The van der Waals surface area contributed by atoms with Crippen molar-refractivity contribution in [3.8, 4) is 0 Å². The summed E-state index contributed by atoms with van der Waals surface area (Å²) in [5.74, 6) is 0. The van der Waals surface area contributed by atoms with Crippen molar-refractivity contribution in [3.05, 3.63) is 0 Å². The molecule has 1 saturated heterocycles. The molecular formula is C6H12AgO6. The minimum absolute atomic E-state index is 0. The van der Waals surface area contributed by atoms with Crippen LogP contribution in [0, 0.1) is 0 Å². The largest absolute Gasteiger partial charge is 0.394 e. The van der Waals surface area contributed by atoms with Gasteiger partial charge in [0.25, 0.3) is 0 Å². The summed E-state index contributed by atoms with van der Waals surface area (Å²) in [5, 5.41) is 44.7. The molecule has 0 aromatic rings. The summed E-state index contributed by atoms with van der Waals surface area (Å²) >= 11 is 0. The molecule has 1 radical (unpaired) electrons. The van der Waals surface area contributed by atoms with E-state index in [0.29, 0.717) is 0 Å². The molecule has 7 heteroatoms. The summed E-state index contributed by atoms with van der Waals surface area (Å²) in [6.45, 7) is -0.526. The van der Waals surface area contributed by atoms with Crippen molar-refractivity contribution in [1.29, 1.82) is 0 Å². The summed E-state index contributed by atoms with van der Waals surface area (Å²) in [5.41, 5.74) is 0. The van der Waals surface area contributed by atoms with Gasteiger partial charge in [0.15, 0.2) is 6.29 Å². The van der Waals surface area contributed by atoms with Crippen molar-refractivity contribution in [2.75, 3.05) is 6.61 Å². The SMILES string of the molecule is OC[C@H]1O[C@H](O)[C@@H](O)[C@@H](O)[C@@H]1O.[Ag]. The summed E-state index contributed by atoms with van der Waals surface area (Å²) in [6.07, 6.45) is -7.04. The molecule has 6 nitrogen and oxygen atoms in total. The zero-order chi connectivity index (χ0) is 9.30. The van der Waals surface area contributed by atoms with Crippen molar-refractivity contribution in [3.63, 3.8) is 0 Å². The molecule has 1 fully saturated rings. The Hall–Kier alpha value is 0.500. The molecule has 0 aromatic carbocycles. The molecule has 1 rings (SSSR count). The molecule has 1 aliphatic rings. The fourth-order valence-corrected chi connectivity index (χ4v) is 1.08. The van der Waals surface area contributed by atoms with E-state index in [4.69, 9.17) is 25.5 Å². The van der Waals surface area contributed by atoms with Gasteiger partial charge in [-0.05, 0) is 0 Å². The van der Waals surface area contributed by atoms with Crippen molar-refractivity contribution >= 4 is 0 Å². The Morgan fingerprint density at radius 2 is 1.46 bits per heavy atom. The predicted octanol–water partition coefficient (Wildman–Crippen LogP) is -3.22. The van der Waals surface area contributed by atoms with Crippen LogP contribution in [0.4, 0.5) is 0 Å². The van der Waals surface area contributed by atoms with Crippen molar-refractivity contribution < 1.29 is 52.6 Å². The first-order valence-electron chi connectivity index (χ1n) is 3.56. The van der Waals surface area contributed by atoms with Crippen LogP contribution in [-0.4, -0.2) is 62.8 Å². The second kappa shape index (κ2) is 5.40. The van der Waals surface area contributed by atoms with Gasteiger partial charge in [-0.15, -0.1) is 0 Å². The first-order valence-corrected chi connectivity index (χ1v) is 3.56. The van der Waals surface area contributed by atoms with Gasteiger partial charge in [0.05, 0.1) is 6.61 Å². The number of hydrogen-bond acceptors (Lipinski definition) is 6. The third kappa shape index (κ3) is 2.72. The molecule has 0 spiro atoms. The van der Waals surface area contributed by atoms with Gasteiger partial charge in [-0.3, -0.25) is 0 Å². The molecule has 0 saturated carbocycles. The van der Waals surface area contributed by atoms with Crippen LogP contribution in [0.3, 0.4) is 0 Å². The van der Waals surface area contributed by atoms with Crippen LogP contribution in [0.1, 0.15) is 0 Å². The van der Waals surface area contributed by atoms with Crippen molar-refractivity contribution in [2.24, 2.45) is 0 Å². The first-order chi connectivity index (χ1) is 5.57. The molecule has 0 bridgehead atoms. The van der Waals surface area contributed by atoms with Crippen LogP contribution in [-0.2, 0) is 27.1 Å². The quantitative estimate of drug-likeness (QED) is 0.325. The summed E-state index contributed by atoms with van der Waals surface area (Å²) in [6, 6.07) is 0. The zero-order valence-electron chi connectivity index (χ0n) is 6.54. The van der Waals surface area contributed by atoms with E-state index in [1.807, 2.05) is 0 Å². The van der Waals surface area contributed by atoms with Crippen LogP contribution in [0.25, 0.3) is 0 Å². The maximum atomic E-state index is 9.12. The molecule has 1 heterocycles. The summed E-state index contributed by atoms with van der Waals surface area (Å²) in [4.78, 5) is 0. The molecule has 83 valence electrons. The zero-order valence-corrected chi connectivity index (χ0v) is 8.02. The van der Waals surface area contributed by atoms with E-state index in [2.05, 4.69) is 4.74 Å². The fourth-order valence-electron chi connectivity index (χ4n) is 1.08. The van der Waals surface area contributed by atoms with Crippen molar-refractivity contribution in [2.45, 2.75) is 30.7 Å². The van der Waals surface area contributed by atoms with Crippen LogP contribution < -0.4 is 0 Å². The average Bonchev–Trinajstić information content (AvgIpc) is 2.08. The Morgan fingerprint density at radius 1 is 0.923 bits per heavy atom. The van der Waals surface area contributed by atoms with Gasteiger partial charge in [0, 0.05) is 22.4 Å². The van der Waals surface area contributed by atoms with Gasteiger partial charge in [0.2, 0.25) is 0 Å². The monoisotopic (exact) mass is 287 g/mol. The summed E-state index contributed by atoms with van der Waals surface area (Å²) in [7, 11) is 0. The molecule has 1 aliphatic heterocycles. The van der Waals surface area contributed by atoms with Gasteiger partial charge in [-0.25, -0.2) is 0 Å². The molecule has 0 aliphatic carbocycles. The van der Waals surface area contributed by atoms with E-state index in [1.165, 1.54) is 0 Å².